The van der Waals surface area contributed by atoms with Crippen molar-refractivity contribution < 1.29 is 22.7 Å². The van der Waals surface area contributed by atoms with E-state index in [1.54, 1.807) is 18.2 Å². The third-order valence-corrected chi connectivity index (χ3v) is 9.39. The summed E-state index contributed by atoms with van der Waals surface area (Å²) in [4.78, 5) is 29.2. The van der Waals surface area contributed by atoms with Crippen molar-refractivity contribution in [1.29, 1.82) is 0 Å². The molecule has 8 nitrogen and oxygen atoms in total. The molecule has 4 aromatic rings. The van der Waals surface area contributed by atoms with Gasteiger partial charge in [0.05, 0.1) is 22.7 Å². The number of carbonyl (C=O) groups excluding carboxylic acids is 2. The predicted molar refractivity (Wildman–Crippen MR) is 173 cm³/mol. The number of ether oxygens (including phenoxy) is 1. The van der Waals surface area contributed by atoms with Crippen LogP contribution in [0.2, 0.25) is 5.02 Å². The van der Waals surface area contributed by atoms with Gasteiger partial charge in [0.25, 0.3) is 10.0 Å². The highest BCUT2D eigenvalue weighted by Crippen LogP contribution is 2.32. The number of likely N-dealkylation sites (N-methyl/N-ethyl adjacent to an activating group) is 1. The first-order chi connectivity index (χ1) is 21.0. The van der Waals surface area contributed by atoms with Gasteiger partial charge < -0.3 is 15.0 Å². The summed E-state index contributed by atoms with van der Waals surface area (Å²) in [5.74, 6) is -0.564. The van der Waals surface area contributed by atoms with Gasteiger partial charge in [0.2, 0.25) is 11.8 Å². The maximum atomic E-state index is 14.4. The van der Waals surface area contributed by atoms with Gasteiger partial charge in [0.1, 0.15) is 18.3 Å². The Hall–Kier alpha value is -4.34. The second-order valence-corrected chi connectivity index (χ2v) is 12.7. The fourth-order valence-electron chi connectivity index (χ4n) is 4.79. The van der Waals surface area contributed by atoms with E-state index in [-0.39, 0.29) is 34.5 Å². The Labute approximate surface area is 264 Å². The zero-order valence-corrected chi connectivity index (χ0v) is 26.7. The number of hydrogen-bond donors (Lipinski definition) is 1. The standard InChI is InChI=1S/C34H36ClN3O5S/c1-24-10-14-27(15-11-24)22-37(31(34(40)36-3)20-26-8-6-5-7-9-26)33(39)23-38(28-16-19-32(43-4)30(35)21-28)44(41,42)29-17-12-25(2)13-18-29/h5-19,21,31H,20,22-23H2,1-4H3,(H,36,40)/t31-/m1/s1. The van der Waals surface area contributed by atoms with E-state index in [4.69, 9.17) is 16.3 Å². The molecule has 0 aliphatic carbocycles. The molecule has 2 amide bonds. The van der Waals surface area contributed by atoms with Crippen molar-refractivity contribution in [1.82, 2.24) is 10.2 Å². The number of methoxy groups -OCH3 is 1. The van der Waals surface area contributed by atoms with Gasteiger partial charge in [-0.2, -0.15) is 0 Å². The molecule has 230 valence electrons. The van der Waals surface area contributed by atoms with Gasteiger partial charge in [-0.1, -0.05) is 89.5 Å². The zero-order valence-electron chi connectivity index (χ0n) is 25.2. The minimum atomic E-state index is -4.24. The molecular weight excluding hydrogens is 598 g/mol. The molecule has 0 fully saturated rings. The molecule has 0 aliphatic heterocycles. The van der Waals surface area contributed by atoms with Crippen molar-refractivity contribution in [3.8, 4) is 5.75 Å². The van der Waals surface area contributed by atoms with E-state index in [1.807, 2.05) is 68.4 Å². The van der Waals surface area contributed by atoms with Crippen molar-refractivity contribution in [2.24, 2.45) is 0 Å². The average molecular weight is 634 g/mol. The number of sulfonamides is 1. The molecule has 4 rings (SSSR count). The normalized spacial score (nSPS) is 11.8. The van der Waals surface area contributed by atoms with Gasteiger partial charge in [0.15, 0.2) is 0 Å². The summed E-state index contributed by atoms with van der Waals surface area (Å²) in [6.45, 7) is 3.33. The number of nitrogens with one attached hydrogen (secondary N) is 1. The van der Waals surface area contributed by atoms with Gasteiger partial charge in [-0.15, -0.1) is 0 Å². The summed E-state index contributed by atoms with van der Waals surface area (Å²) in [6, 6.07) is 27.0. The minimum Gasteiger partial charge on any atom is -0.495 e. The first-order valence-electron chi connectivity index (χ1n) is 14.1. The van der Waals surface area contributed by atoms with Crippen LogP contribution < -0.4 is 14.4 Å². The van der Waals surface area contributed by atoms with Gasteiger partial charge in [0, 0.05) is 20.0 Å². The van der Waals surface area contributed by atoms with Crippen LogP contribution in [-0.4, -0.2) is 51.9 Å². The molecule has 4 aromatic carbocycles. The quantitative estimate of drug-likeness (QED) is 0.221. The number of benzene rings is 4. The fraction of sp³-hybridized carbons (Fsp3) is 0.235. The van der Waals surface area contributed by atoms with Crippen LogP contribution in [0.5, 0.6) is 5.75 Å². The summed E-state index contributed by atoms with van der Waals surface area (Å²) in [7, 11) is -1.26. The Morgan fingerprint density at radius 3 is 2.05 bits per heavy atom. The summed E-state index contributed by atoms with van der Waals surface area (Å²) in [5, 5.41) is 2.87. The molecule has 0 aromatic heterocycles. The lowest BCUT2D eigenvalue weighted by Gasteiger charge is -2.33. The van der Waals surface area contributed by atoms with Crippen LogP contribution in [0, 0.1) is 13.8 Å². The monoisotopic (exact) mass is 633 g/mol. The molecule has 0 bridgehead atoms. The number of rotatable bonds is 12. The van der Waals surface area contributed by atoms with Crippen molar-refractivity contribution >= 4 is 39.1 Å². The van der Waals surface area contributed by atoms with Crippen LogP contribution in [0.25, 0.3) is 0 Å². The van der Waals surface area contributed by atoms with E-state index < -0.39 is 28.5 Å². The predicted octanol–water partition coefficient (Wildman–Crippen LogP) is 5.55. The first kappa shape index (κ1) is 32.6. The van der Waals surface area contributed by atoms with Crippen LogP contribution in [0.15, 0.2) is 102 Å². The second-order valence-electron chi connectivity index (χ2n) is 10.5. The van der Waals surface area contributed by atoms with E-state index in [1.165, 1.54) is 43.3 Å². The van der Waals surface area contributed by atoms with Crippen LogP contribution in [0.3, 0.4) is 0 Å². The van der Waals surface area contributed by atoms with Crippen molar-refractivity contribution in [2.75, 3.05) is 25.0 Å². The number of amides is 2. The van der Waals surface area contributed by atoms with Crippen LogP contribution in [0.1, 0.15) is 22.3 Å². The molecular formula is C34H36ClN3O5S. The highest BCUT2D eigenvalue weighted by molar-refractivity contribution is 7.92. The Morgan fingerprint density at radius 2 is 1.48 bits per heavy atom. The maximum Gasteiger partial charge on any atom is 0.264 e. The van der Waals surface area contributed by atoms with E-state index in [9.17, 15) is 18.0 Å². The topological polar surface area (TPSA) is 96.0 Å². The molecule has 1 N–H and O–H groups in total. The fourth-order valence-corrected chi connectivity index (χ4v) is 6.45. The molecule has 0 unspecified atom stereocenters. The van der Waals surface area contributed by atoms with E-state index >= 15 is 0 Å². The summed E-state index contributed by atoms with van der Waals surface area (Å²) < 4.78 is 34.5. The molecule has 0 spiro atoms. The Balaban J connectivity index is 1.80. The Morgan fingerprint density at radius 1 is 0.864 bits per heavy atom. The lowest BCUT2D eigenvalue weighted by atomic mass is 10.0. The second kappa shape index (κ2) is 14.4. The van der Waals surface area contributed by atoms with Gasteiger partial charge >= 0.3 is 0 Å². The smallest absolute Gasteiger partial charge is 0.264 e. The lowest BCUT2D eigenvalue weighted by Crippen LogP contribution is -2.53. The number of aryl methyl sites for hydroxylation is 2. The van der Waals surface area contributed by atoms with E-state index in [0.29, 0.717) is 5.75 Å². The van der Waals surface area contributed by atoms with Crippen LogP contribution in [-0.2, 0) is 32.6 Å². The SMILES string of the molecule is CNC(=O)[C@@H](Cc1ccccc1)N(Cc1ccc(C)cc1)C(=O)CN(c1ccc(OC)c(Cl)c1)S(=O)(=O)c1ccc(C)cc1. The lowest BCUT2D eigenvalue weighted by molar-refractivity contribution is -0.139. The molecule has 1 atom stereocenters. The zero-order chi connectivity index (χ0) is 31.9. The largest absolute Gasteiger partial charge is 0.495 e. The highest BCUT2D eigenvalue weighted by atomic mass is 35.5. The summed E-state index contributed by atoms with van der Waals surface area (Å²) in [5.41, 5.74) is 3.77. The summed E-state index contributed by atoms with van der Waals surface area (Å²) in [6.07, 6.45) is 0.233. The van der Waals surface area contributed by atoms with Crippen molar-refractivity contribution in [3.63, 3.8) is 0 Å². The Kier molecular flexibility index (Phi) is 10.7. The van der Waals surface area contributed by atoms with E-state index in [0.717, 1.165) is 26.6 Å². The molecule has 0 saturated heterocycles. The van der Waals surface area contributed by atoms with Crippen LogP contribution in [0.4, 0.5) is 5.69 Å². The third-order valence-electron chi connectivity index (χ3n) is 7.30. The number of anilines is 1. The van der Waals surface area contributed by atoms with Crippen molar-refractivity contribution in [2.45, 2.75) is 37.8 Å². The van der Waals surface area contributed by atoms with Gasteiger partial charge in [-0.25, -0.2) is 8.42 Å². The van der Waals surface area contributed by atoms with Gasteiger partial charge in [-0.05, 0) is 55.3 Å². The molecule has 44 heavy (non-hydrogen) atoms. The number of carbonyl (C=O) groups is 2. The van der Waals surface area contributed by atoms with Gasteiger partial charge in [-0.3, -0.25) is 13.9 Å². The minimum absolute atomic E-state index is 0.0139. The molecule has 0 saturated carbocycles. The average Bonchev–Trinajstić information content (AvgIpc) is 3.02. The summed E-state index contributed by atoms with van der Waals surface area (Å²) >= 11 is 6.42. The number of nitrogens with zero attached hydrogens (tertiary/aromatic N) is 2. The van der Waals surface area contributed by atoms with Crippen molar-refractivity contribution in [3.05, 3.63) is 124 Å². The Bertz CT molecular complexity index is 1700. The molecule has 0 aliphatic rings. The molecule has 0 radical (unpaired) electrons. The maximum absolute atomic E-state index is 14.4. The van der Waals surface area contributed by atoms with E-state index in [2.05, 4.69) is 5.32 Å². The first-order valence-corrected chi connectivity index (χ1v) is 15.9. The molecule has 10 heteroatoms. The number of hydrogen-bond acceptors (Lipinski definition) is 5. The van der Waals surface area contributed by atoms with Crippen LogP contribution >= 0.6 is 11.6 Å². The number of halogens is 1. The molecule has 0 heterocycles. The highest BCUT2D eigenvalue weighted by Gasteiger charge is 2.34. The third kappa shape index (κ3) is 7.78.